The topological polar surface area (TPSA) is 53.1 Å². The Labute approximate surface area is 88.1 Å². The van der Waals surface area contributed by atoms with Crippen molar-refractivity contribution in [3.63, 3.8) is 0 Å². The molecule has 0 radical (unpaired) electrons. The standard InChI is InChI=1S/C11H13NO3/c13-11(14)12(10-8-15-10)7-6-9-4-2-1-3-5-9/h1-5,10H,6-8H2,(H,13,14). The molecule has 4 nitrogen and oxygen atoms in total. The van der Waals surface area contributed by atoms with Gasteiger partial charge in [-0.3, -0.25) is 4.90 Å². The fourth-order valence-electron chi connectivity index (χ4n) is 1.48. The zero-order chi connectivity index (χ0) is 10.7. The molecule has 1 atom stereocenters. The number of hydrogen-bond acceptors (Lipinski definition) is 2. The van der Waals surface area contributed by atoms with Gasteiger partial charge in [0.25, 0.3) is 0 Å². The van der Waals surface area contributed by atoms with Crippen LogP contribution in [-0.4, -0.2) is 35.5 Å². The van der Waals surface area contributed by atoms with E-state index in [9.17, 15) is 4.79 Å². The first-order chi connectivity index (χ1) is 7.27. The Hall–Kier alpha value is -1.55. The number of benzene rings is 1. The summed E-state index contributed by atoms with van der Waals surface area (Å²) in [5.41, 5.74) is 1.14. The molecule has 80 valence electrons. The highest BCUT2D eigenvalue weighted by atomic mass is 16.6. The van der Waals surface area contributed by atoms with Crippen LogP contribution in [0.5, 0.6) is 0 Å². The van der Waals surface area contributed by atoms with E-state index in [2.05, 4.69) is 0 Å². The summed E-state index contributed by atoms with van der Waals surface area (Å²) in [5, 5.41) is 8.91. The van der Waals surface area contributed by atoms with Crippen LogP contribution in [0.2, 0.25) is 0 Å². The lowest BCUT2D eigenvalue weighted by Gasteiger charge is -2.15. The van der Waals surface area contributed by atoms with Gasteiger partial charge >= 0.3 is 6.09 Å². The molecule has 0 aliphatic carbocycles. The Kier molecular flexibility index (Phi) is 2.87. The van der Waals surface area contributed by atoms with Gasteiger partial charge in [-0.25, -0.2) is 4.79 Å². The van der Waals surface area contributed by atoms with Crippen molar-refractivity contribution in [2.24, 2.45) is 0 Å². The number of amides is 1. The molecule has 1 heterocycles. The van der Waals surface area contributed by atoms with Crippen molar-refractivity contribution in [2.45, 2.75) is 12.6 Å². The highest BCUT2D eigenvalue weighted by Gasteiger charge is 2.33. The Morgan fingerprint density at radius 3 is 2.67 bits per heavy atom. The Balaban J connectivity index is 1.88. The fraction of sp³-hybridized carbons (Fsp3) is 0.364. The normalized spacial score (nSPS) is 18.5. The highest BCUT2D eigenvalue weighted by Crippen LogP contribution is 2.16. The molecule has 1 aliphatic rings. The second kappa shape index (κ2) is 4.31. The van der Waals surface area contributed by atoms with E-state index in [0.29, 0.717) is 13.2 Å². The molecule has 0 saturated carbocycles. The number of carbonyl (C=O) groups is 1. The maximum Gasteiger partial charge on any atom is 0.409 e. The minimum Gasteiger partial charge on any atom is -0.465 e. The van der Waals surface area contributed by atoms with Gasteiger partial charge in [-0.15, -0.1) is 0 Å². The third-order valence-corrected chi connectivity index (χ3v) is 2.39. The quantitative estimate of drug-likeness (QED) is 0.762. The highest BCUT2D eigenvalue weighted by molar-refractivity contribution is 5.65. The van der Waals surface area contributed by atoms with Crippen molar-refractivity contribution in [1.82, 2.24) is 4.90 Å². The average molecular weight is 207 g/mol. The van der Waals surface area contributed by atoms with Crippen LogP contribution in [-0.2, 0) is 11.2 Å². The van der Waals surface area contributed by atoms with Crippen LogP contribution >= 0.6 is 0 Å². The molecular formula is C11H13NO3. The predicted molar refractivity (Wildman–Crippen MR) is 54.6 cm³/mol. The third-order valence-electron chi connectivity index (χ3n) is 2.39. The fourth-order valence-corrected chi connectivity index (χ4v) is 1.48. The van der Waals surface area contributed by atoms with Crippen molar-refractivity contribution >= 4 is 6.09 Å². The van der Waals surface area contributed by atoms with Crippen molar-refractivity contribution < 1.29 is 14.6 Å². The molecule has 1 fully saturated rings. The summed E-state index contributed by atoms with van der Waals surface area (Å²) in [7, 11) is 0. The van der Waals surface area contributed by atoms with Gasteiger partial charge in [-0.2, -0.15) is 0 Å². The number of hydrogen-bond donors (Lipinski definition) is 1. The van der Waals surface area contributed by atoms with E-state index >= 15 is 0 Å². The summed E-state index contributed by atoms with van der Waals surface area (Å²) in [6.07, 6.45) is -0.396. The molecule has 0 bridgehead atoms. The second-order valence-corrected chi connectivity index (χ2v) is 3.50. The molecule has 1 N–H and O–H groups in total. The molecule has 1 aromatic carbocycles. The lowest BCUT2D eigenvalue weighted by Crippen LogP contribution is -2.34. The van der Waals surface area contributed by atoms with Gasteiger partial charge in [-0.05, 0) is 12.0 Å². The number of carboxylic acid groups (broad SMARTS) is 1. The van der Waals surface area contributed by atoms with Gasteiger partial charge < -0.3 is 9.84 Å². The van der Waals surface area contributed by atoms with Gasteiger partial charge in [0.1, 0.15) is 0 Å². The molecular weight excluding hydrogens is 194 g/mol. The second-order valence-electron chi connectivity index (χ2n) is 3.50. The first-order valence-electron chi connectivity index (χ1n) is 4.92. The average Bonchev–Trinajstić information content (AvgIpc) is 3.03. The minimum atomic E-state index is -0.909. The van der Waals surface area contributed by atoms with Gasteiger partial charge in [0, 0.05) is 6.54 Å². The molecule has 1 aromatic rings. The smallest absolute Gasteiger partial charge is 0.409 e. The van der Waals surface area contributed by atoms with Crippen LogP contribution < -0.4 is 0 Å². The van der Waals surface area contributed by atoms with Crippen molar-refractivity contribution in [2.75, 3.05) is 13.2 Å². The first-order valence-corrected chi connectivity index (χ1v) is 4.92. The summed E-state index contributed by atoms with van der Waals surface area (Å²) < 4.78 is 4.97. The monoisotopic (exact) mass is 207 g/mol. The Morgan fingerprint density at radius 2 is 2.13 bits per heavy atom. The summed E-state index contributed by atoms with van der Waals surface area (Å²) in [6.45, 7) is 1.02. The number of rotatable bonds is 4. The summed E-state index contributed by atoms with van der Waals surface area (Å²) >= 11 is 0. The summed E-state index contributed by atoms with van der Waals surface area (Å²) in [5.74, 6) is 0. The lowest BCUT2D eigenvalue weighted by molar-refractivity contribution is 0.120. The van der Waals surface area contributed by atoms with Crippen molar-refractivity contribution in [1.29, 1.82) is 0 Å². The van der Waals surface area contributed by atoms with E-state index in [4.69, 9.17) is 9.84 Å². The lowest BCUT2D eigenvalue weighted by atomic mass is 10.1. The van der Waals surface area contributed by atoms with Crippen molar-refractivity contribution in [3.05, 3.63) is 35.9 Å². The first kappa shape index (κ1) is 9.98. The summed E-state index contributed by atoms with van der Waals surface area (Å²) in [6, 6.07) is 9.84. The van der Waals surface area contributed by atoms with E-state index in [1.54, 1.807) is 0 Å². The zero-order valence-corrected chi connectivity index (χ0v) is 8.30. The number of ether oxygens (including phenoxy) is 1. The SMILES string of the molecule is O=C(O)N(CCc1ccccc1)C1CO1. The maximum absolute atomic E-state index is 10.8. The molecule has 1 aliphatic heterocycles. The molecule has 0 spiro atoms. The number of nitrogens with zero attached hydrogens (tertiary/aromatic N) is 1. The van der Waals surface area contributed by atoms with Gasteiger partial charge in [0.05, 0.1) is 6.61 Å². The molecule has 0 aromatic heterocycles. The Morgan fingerprint density at radius 1 is 1.47 bits per heavy atom. The number of epoxide rings is 1. The minimum absolute atomic E-state index is 0.216. The Bertz CT molecular complexity index is 335. The molecule has 2 rings (SSSR count). The van der Waals surface area contributed by atoms with E-state index in [1.807, 2.05) is 30.3 Å². The van der Waals surface area contributed by atoms with Crippen LogP contribution in [0.25, 0.3) is 0 Å². The van der Waals surface area contributed by atoms with Crippen molar-refractivity contribution in [3.8, 4) is 0 Å². The van der Waals surface area contributed by atoms with Gasteiger partial charge in [-0.1, -0.05) is 30.3 Å². The van der Waals surface area contributed by atoms with Crippen LogP contribution in [0.3, 0.4) is 0 Å². The predicted octanol–water partition coefficient (Wildman–Crippen LogP) is 1.57. The van der Waals surface area contributed by atoms with Crippen LogP contribution in [0.15, 0.2) is 30.3 Å². The third kappa shape index (κ3) is 2.70. The molecule has 1 saturated heterocycles. The molecule has 1 unspecified atom stereocenters. The van der Waals surface area contributed by atoms with E-state index < -0.39 is 6.09 Å². The maximum atomic E-state index is 10.8. The van der Waals surface area contributed by atoms with Gasteiger partial charge in [0.15, 0.2) is 6.23 Å². The van der Waals surface area contributed by atoms with Crippen LogP contribution in [0.1, 0.15) is 5.56 Å². The van der Waals surface area contributed by atoms with Gasteiger partial charge in [0.2, 0.25) is 0 Å². The van der Waals surface area contributed by atoms with E-state index in [0.717, 1.165) is 12.0 Å². The molecule has 4 heteroatoms. The molecule has 1 amide bonds. The van der Waals surface area contributed by atoms with Crippen LogP contribution in [0.4, 0.5) is 4.79 Å². The van der Waals surface area contributed by atoms with E-state index in [-0.39, 0.29) is 6.23 Å². The summed E-state index contributed by atoms with van der Waals surface area (Å²) in [4.78, 5) is 12.2. The van der Waals surface area contributed by atoms with Crippen LogP contribution in [0, 0.1) is 0 Å². The van der Waals surface area contributed by atoms with E-state index in [1.165, 1.54) is 4.90 Å². The largest absolute Gasteiger partial charge is 0.465 e. The zero-order valence-electron chi connectivity index (χ0n) is 8.30. The molecule has 15 heavy (non-hydrogen) atoms.